The maximum Gasteiger partial charge on any atom is 0.318 e. The molecule has 2 aromatic carbocycles. The van der Waals surface area contributed by atoms with Crippen LogP contribution >= 0.6 is 0 Å². The van der Waals surface area contributed by atoms with Gasteiger partial charge in [-0.25, -0.2) is 4.79 Å². The predicted molar refractivity (Wildman–Crippen MR) is 110 cm³/mol. The SMILES string of the molecule is O=C(NC(c1ccccc1)c1ccccc1)N1CCC(Cn2cccn2)CC1. The van der Waals surface area contributed by atoms with Crippen LogP contribution in [0.1, 0.15) is 30.0 Å². The normalized spacial score (nSPS) is 15.0. The smallest absolute Gasteiger partial charge is 0.318 e. The summed E-state index contributed by atoms with van der Waals surface area (Å²) in [5, 5.41) is 7.54. The van der Waals surface area contributed by atoms with Crippen molar-refractivity contribution in [2.45, 2.75) is 25.4 Å². The van der Waals surface area contributed by atoms with Gasteiger partial charge in [-0.1, -0.05) is 60.7 Å². The maximum absolute atomic E-state index is 13.0. The second kappa shape index (κ2) is 8.74. The van der Waals surface area contributed by atoms with Gasteiger partial charge in [-0.15, -0.1) is 0 Å². The van der Waals surface area contributed by atoms with E-state index in [1.165, 1.54) is 0 Å². The number of amides is 2. The third-order valence-corrected chi connectivity index (χ3v) is 5.44. The fourth-order valence-corrected chi connectivity index (χ4v) is 3.86. The number of aromatic nitrogens is 2. The third kappa shape index (κ3) is 4.42. The molecular weight excluding hydrogens is 348 g/mol. The number of carbonyl (C=O) groups excluding carboxylic acids is 1. The van der Waals surface area contributed by atoms with Crippen LogP contribution in [0.4, 0.5) is 4.79 Å². The van der Waals surface area contributed by atoms with Crippen molar-refractivity contribution in [1.29, 1.82) is 0 Å². The lowest BCUT2D eigenvalue weighted by atomic mass is 9.96. The summed E-state index contributed by atoms with van der Waals surface area (Å²) in [5.41, 5.74) is 2.19. The first-order chi connectivity index (χ1) is 13.8. The van der Waals surface area contributed by atoms with Gasteiger partial charge in [0, 0.05) is 32.0 Å². The van der Waals surface area contributed by atoms with Crippen LogP contribution in [-0.4, -0.2) is 33.8 Å². The molecule has 0 saturated carbocycles. The molecule has 5 nitrogen and oxygen atoms in total. The molecule has 144 valence electrons. The molecule has 0 unspecified atom stereocenters. The van der Waals surface area contributed by atoms with Crippen molar-refractivity contribution in [1.82, 2.24) is 20.0 Å². The summed E-state index contributed by atoms with van der Waals surface area (Å²) in [6.45, 7) is 2.50. The van der Waals surface area contributed by atoms with Crippen LogP contribution in [-0.2, 0) is 6.54 Å². The number of urea groups is 1. The van der Waals surface area contributed by atoms with E-state index in [0.29, 0.717) is 5.92 Å². The number of nitrogens with one attached hydrogen (secondary N) is 1. The Hall–Kier alpha value is -3.08. The Morgan fingerprint density at radius 2 is 1.57 bits per heavy atom. The second-order valence-corrected chi connectivity index (χ2v) is 7.36. The highest BCUT2D eigenvalue weighted by Crippen LogP contribution is 2.24. The van der Waals surface area contributed by atoms with E-state index in [1.54, 1.807) is 0 Å². The van der Waals surface area contributed by atoms with Crippen molar-refractivity contribution >= 4 is 6.03 Å². The lowest BCUT2D eigenvalue weighted by molar-refractivity contribution is 0.162. The molecule has 1 aliphatic heterocycles. The highest BCUT2D eigenvalue weighted by Gasteiger charge is 2.25. The van der Waals surface area contributed by atoms with Crippen LogP contribution in [0.25, 0.3) is 0 Å². The van der Waals surface area contributed by atoms with Crippen LogP contribution < -0.4 is 5.32 Å². The van der Waals surface area contributed by atoms with Crippen LogP contribution in [0.5, 0.6) is 0 Å². The van der Waals surface area contributed by atoms with Gasteiger partial charge in [-0.2, -0.15) is 5.10 Å². The van der Waals surface area contributed by atoms with Gasteiger partial charge in [0.15, 0.2) is 0 Å². The topological polar surface area (TPSA) is 50.2 Å². The van der Waals surface area contributed by atoms with E-state index < -0.39 is 0 Å². The Morgan fingerprint density at radius 3 is 2.11 bits per heavy atom. The third-order valence-electron chi connectivity index (χ3n) is 5.44. The molecule has 1 N–H and O–H groups in total. The van der Waals surface area contributed by atoms with Gasteiger partial charge in [0.2, 0.25) is 0 Å². The van der Waals surface area contributed by atoms with E-state index in [2.05, 4.69) is 34.7 Å². The van der Waals surface area contributed by atoms with Gasteiger partial charge in [0.05, 0.1) is 6.04 Å². The fourth-order valence-electron chi connectivity index (χ4n) is 3.86. The number of benzene rings is 2. The molecule has 1 fully saturated rings. The monoisotopic (exact) mass is 374 g/mol. The first-order valence-electron chi connectivity index (χ1n) is 9.92. The molecule has 0 bridgehead atoms. The molecule has 4 rings (SSSR count). The molecule has 0 atom stereocenters. The molecule has 2 amide bonds. The maximum atomic E-state index is 13.0. The van der Waals surface area contributed by atoms with Gasteiger partial charge in [-0.3, -0.25) is 4.68 Å². The first-order valence-corrected chi connectivity index (χ1v) is 9.92. The number of rotatable bonds is 5. The zero-order valence-electron chi connectivity index (χ0n) is 15.9. The Bertz CT molecular complexity index is 817. The van der Waals surface area contributed by atoms with Gasteiger partial charge >= 0.3 is 6.03 Å². The standard InChI is InChI=1S/C23H26N4O/c28-23(26-16-12-19(13-17-26)18-27-15-7-14-24-27)25-22(20-8-3-1-4-9-20)21-10-5-2-6-11-21/h1-11,14-15,19,22H,12-13,16-18H2,(H,25,28). The molecule has 0 radical (unpaired) electrons. The first kappa shape index (κ1) is 18.3. The summed E-state index contributed by atoms with van der Waals surface area (Å²) in [5.74, 6) is 0.572. The molecular formula is C23H26N4O. The van der Waals surface area contributed by atoms with E-state index in [4.69, 9.17) is 0 Å². The zero-order chi connectivity index (χ0) is 19.2. The zero-order valence-corrected chi connectivity index (χ0v) is 15.9. The molecule has 28 heavy (non-hydrogen) atoms. The van der Waals surface area contributed by atoms with Crippen molar-refractivity contribution in [3.8, 4) is 0 Å². The average Bonchev–Trinajstić information content (AvgIpc) is 3.27. The van der Waals surface area contributed by atoms with Gasteiger partial charge in [-0.05, 0) is 36.0 Å². The lowest BCUT2D eigenvalue weighted by Gasteiger charge is -2.33. The Kier molecular flexibility index (Phi) is 5.71. The molecule has 1 aromatic heterocycles. The summed E-state index contributed by atoms with van der Waals surface area (Å²) in [4.78, 5) is 14.9. The minimum absolute atomic E-state index is 0.00949. The molecule has 0 spiro atoms. The van der Waals surface area contributed by atoms with Gasteiger partial charge in [0.25, 0.3) is 0 Å². The highest BCUT2D eigenvalue weighted by atomic mass is 16.2. The molecule has 2 heterocycles. The minimum Gasteiger partial charge on any atom is -0.327 e. The van der Waals surface area contributed by atoms with Crippen molar-refractivity contribution in [3.63, 3.8) is 0 Å². The van der Waals surface area contributed by atoms with Crippen molar-refractivity contribution in [3.05, 3.63) is 90.3 Å². The van der Waals surface area contributed by atoms with E-state index in [0.717, 1.165) is 43.6 Å². The minimum atomic E-state index is -0.142. The average molecular weight is 374 g/mol. The second-order valence-electron chi connectivity index (χ2n) is 7.36. The Balaban J connectivity index is 1.40. The number of carbonyl (C=O) groups is 1. The molecule has 5 heteroatoms. The molecule has 0 aliphatic carbocycles. The van der Waals surface area contributed by atoms with E-state index >= 15 is 0 Å². The number of hydrogen-bond donors (Lipinski definition) is 1. The lowest BCUT2D eigenvalue weighted by Crippen LogP contribution is -2.46. The summed E-state index contributed by atoms with van der Waals surface area (Å²) < 4.78 is 1.99. The van der Waals surface area contributed by atoms with Crippen LogP contribution in [0, 0.1) is 5.92 Å². The molecule has 3 aromatic rings. The summed E-state index contributed by atoms with van der Waals surface area (Å²) >= 11 is 0. The van der Waals surface area contributed by atoms with E-state index in [9.17, 15) is 4.79 Å². The van der Waals surface area contributed by atoms with Crippen molar-refractivity contribution in [2.24, 2.45) is 5.92 Å². The fraction of sp³-hybridized carbons (Fsp3) is 0.304. The number of nitrogens with zero attached hydrogens (tertiary/aromatic N) is 3. The Morgan fingerprint density at radius 1 is 0.964 bits per heavy atom. The number of piperidine rings is 1. The number of hydrogen-bond acceptors (Lipinski definition) is 2. The van der Waals surface area contributed by atoms with Crippen LogP contribution in [0.2, 0.25) is 0 Å². The summed E-state index contributed by atoms with van der Waals surface area (Å²) in [7, 11) is 0. The number of likely N-dealkylation sites (tertiary alicyclic amines) is 1. The van der Waals surface area contributed by atoms with Gasteiger partial charge < -0.3 is 10.2 Å². The summed E-state index contributed by atoms with van der Waals surface area (Å²) in [6, 6.07) is 22.1. The Labute approximate surface area is 166 Å². The van der Waals surface area contributed by atoms with Gasteiger partial charge in [0.1, 0.15) is 0 Å². The predicted octanol–water partition coefficient (Wildman–Crippen LogP) is 4.09. The quantitative estimate of drug-likeness (QED) is 0.731. The van der Waals surface area contributed by atoms with E-state index in [1.807, 2.05) is 64.4 Å². The summed E-state index contributed by atoms with van der Waals surface area (Å²) in [6.07, 6.45) is 5.84. The highest BCUT2D eigenvalue weighted by molar-refractivity contribution is 5.75. The van der Waals surface area contributed by atoms with E-state index in [-0.39, 0.29) is 12.1 Å². The molecule has 1 saturated heterocycles. The van der Waals surface area contributed by atoms with Crippen LogP contribution in [0.15, 0.2) is 79.1 Å². The van der Waals surface area contributed by atoms with Crippen LogP contribution in [0.3, 0.4) is 0 Å². The molecule has 1 aliphatic rings. The van der Waals surface area contributed by atoms with Crippen molar-refractivity contribution in [2.75, 3.05) is 13.1 Å². The largest absolute Gasteiger partial charge is 0.327 e. The van der Waals surface area contributed by atoms with Crippen molar-refractivity contribution < 1.29 is 4.79 Å².